The molecule has 3 rings (SSSR count). The number of guanidine groups is 1. The molecule has 0 unspecified atom stereocenters. The minimum Gasteiger partial charge on any atom is -0.493 e. The van der Waals surface area contributed by atoms with Gasteiger partial charge in [-0.25, -0.2) is 4.99 Å². The molecule has 1 heterocycles. The van der Waals surface area contributed by atoms with E-state index in [0.717, 1.165) is 55.7 Å². The summed E-state index contributed by atoms with van der Waals surface area (Å²) in [6.07, 6.45) is 0. The second-order valence-electron chi connectivity index (χ2n) is 6.67. The molecule has 1 N–H and O–H groups in total. The van der Waals surface area contributed by atoms with Crippen LogP contribution in [0.1, 0.15) is 12.5 Å². The van der Waals surface area contributed by atoms with Crippen molar-refractivity contribution in [2.45, 2.75) is 13.5 Å². The maximum Gasteiger partial charge on any atom is 0.194 e. The van der Waals surface area contributed by atoms with Crippen LogP contribution in [0.15, 0.2) is 53.5 Å². The Bertz CT molecular complexity index is 778. The molecular formula is C22H31IN4O2. The van der Waals surface area contributed by atoms with Crippen LogP contribution in [0.25, 0.3) is 0 Å². The second-order valence-corrected chi connectivity index (χ2v) is 6.67. The molecule has 0 aromatic heterocycles. The lowest BCUT2D eigenvalue weighted by molar-refractivity contribution is 0.354. The van der Waals surface area contributed by atoms with E-state index >= 15 is 0 Å². The molecule has 0 radical (unpaired) electrons. The number of hydrogen-bond donors (Lipinski definition) is 1. The number of nitrogens with one attached hydrogen (secondary N) is 1. The fourth-order valence-electron chi connectivity index (χ4n) is 3.39. The Morgan fingerprint density at radius 3 is 2.28 bits per heavy atom. The van der Waals surface area contributed by atoms with Crippen LogP contribution in [0.4, 0.5) is 5.69 Å². The molecule has 2 aromatic rings. The SMILES string of the molecule is CCNC(=NCc1ccc(OC)c(OC)c1)N1CCN(c2ccccc2)CC1.I. The van der Waals surface area contributed by atoms with Gasteiger partial charge in [0.1, 0.15) is 0 Å². The number of rotatable bonds is 6. The van der Waals surface area contributed by atoms with Crippen molar-refractivity contribution in [1.82, 2.24) is 10.2 Å². The molecule has 7 heteroatoms. The topological polar surface area (TPSA) is 49.3 Å². The van der Waals surface area contributed by atoms with Gasteiger partial charge in [0.2, 0.25) is 0 Å². The number of aliphatic imine (C=N–C) groups is 1. The van der Waals surface area contributed by atoms with Gasteiger partial charge >= 0.3 is 0 Å². The maximum absolute atomic E-state index is 5.40. The van der Waals surface area contributed by atoms with E-state index in [9.17, 15) is 0 Å². The first-order valence-corrected chi connectivity index (χ1v) is 9.79. The number of benzene rings is 2. The van der Waals surface area contributed by atoms with E-state index < -0.39 is 0 Å². The molecule has 0 spiro atoms. The van der Waals surface area contributed by atoms with Crippen LogP contribution in [0.5, 0.6) is 11.5 Å². The highest BCUT2D eigenvalue weighted by atomic mass is 127. The molecule has 0 atom stereocenters. The molecule has 29 heavy (non-hydrogen) atoms. The Balaban J connectivity index is 0.00000300. The van der Waals surface area contributed by atoms with Crippen molar-refractivity contribution in [2.75, 3.05) is 51.8 Å². The lowest BCUT2D eigenvalue weighted by atomic mass is 10.2. The smallest absolute Gasteiger partial charge is 0.194 e. The van der Waals surface area contributed by atoms with Gasteiger partial charge in [0.25, 0.3) is 0 Å². The molecule has 158 valence electrons. The van der Waals surface area contributed by atoms with Gasteiger partial charge in [-0.1, -0.05) is 24.3 Å². The quantitative estimate of drug-likeness (QED) is 0.366. The molecule has 1 fully saturated rings. The van der Waals surface area contributed by atoms with Crippen LogP contribution in [0.3, 0.4) is 0 Å². The predicted octanol–water partition coefficient (Wildman–Crippen LogP) is 3.61. The van der Waals surface area contributed by atoms with Gasteiger partial charge in [0.15, 0.2) is 17.5 Å². The zero-order valence-electron chi connectivity index (χ0n) is 17.4. The maximum atomic E-state index is 5.40. The van der Waals surface area contributed by atoms with Crippen molar-refractivity contribution >= 4 is 35.6 Å². The average molecular weight is 510 g/mol. The molecule has 2 aromatic carbocycles. The van der Waals surface area contributed by atoms with E-state index in [1.54, 1.807) is 14.2 Å². The number of nitrogens with zero attached hydrogens (tertiary/aromatic N) is 3. The normalized spacial score (nSPS) is 14.2. The summed E-state index contributed by atoms with van der Waals surface area (Å²) in [7, 11) is 3.30. The van der Waals surface area contributed by atoms with Gasteiger partial charge in [0.05, 0.1) is 20.8 Å². The highest BCUT2D eigenvalue weighted by molar-refractivity contribution is 14.0. The Morgan fingerprint density at radius 1 is 0.966 bits per heavy atom. The molecular weight excluding hydrogens is 479 g/mol. The molecule has 1 aliphatic rings. The van der Waals surface area contributed by atoms with Gasteiger partial charge < -0.3 is 24.6 Å². The summed E-state index contributed by atoms with van der Waals surface area (Å²) in [4.78, 5) is 9.61. The first kappa shape index (κ1) is 23.1. The standard InChI is InChI=1S/C22H30N4O2.HI/c1-4-23-22(24-17-18-10-11-20(27-2)21(16-18)28-3)26-14-12-25(13-15-26)19-8-6-5-7-9-19;/h5-11,16H,4,12-15,17H2,1-3H3,(H,23,24);1H. The third-order valence-electron chi connectivity index (χ3n) is 4.89. The highest BCUT2D eigenvalue weighted by Gasteiger charge is 2.19. The van der Waals surface area contributed by atoms with E-state index in [-0.39, 0.29) is 24.0 Å². The van der Waals surface area contributed by atoms with Crippen LogP contribution in [0.2, 0.25) is 0 Å². The number of ether oxygens (including phenoxy) is 2. The van der Waals surface area contributed by atoms with Crippen LogP contribution >= 0.6 is 24.0 Å². The molecule has 1 aliphatic heterocycles. The van der Waals surface area contributed by atoms with Gasteiger partial charge in [-0.05, 0) is 36.8 Å². The molecule has 1 saturated heterocycles. The number of para-hydroxylation sites is 1. The van der Waals surface area contributed by atoms with Crippen molar-refractivity contribution in [2.24, 2.45) is 4.99 Å². The fraction of sp³-hybridized carbons (Fsp3) is 0.409. The molecule has 0 amide bonds. The first-order valence-electron chi connectivity index (χ1n) is 9.79. The van der Waals surface area contributed by atoms with Crippen molar-refractivity contribution in [1.29, 1.82) is 0 Å². The summed E-state index contributed by atoms with van der Waals surface area (Å²) >= 11 is 0. The lowest BCUT2D eigenvalue weighted by Crippen LogP contribution is -2.52. The fourth-order valence-corrected chi connectivity index (χ4v) is 3.39. The van der Waals surface area contributed by atoms with Gasteiger partial charge in [-0.3, -0.25) is 0 Å². The summed E-state index contributed by atoms with van der Waals surface area (Å²) in [5.74, 6) is 2.43. The zero-order chi connectivity index (χ0) is 19.8. The number of halogens is 1. The summed E-state index contributed by atoms with van der Waals surface area (Å²) in [6, 6.07) is 16.5. The van der Waals surface area contributed by atoms with Crippen LogP contribution in [-0.2, 0) is 6.54 Å². The van der Waals surface area contributed by atoms with Gasteiger partial charge in [-0.2, -0.15) is 0 Å². The van der Waals surface area contributed by atoms with Crippen molar-refractivity contribution < 1.29 is 9.47 Å². The third kappa shape index (κ3) is 6.16. The zero-order valence-corrected chi connectivity index (χ0v) is 19.8. The lowest BCUT2D eigenvalue weighted by Gasteiger charge is -2.37. The third-order valence-corrected chi connectivity index (χ3v) is 4.89. The minimum absolute atomic E-state index is 0. The molecule has 6 nitrogen and oxygen atoms in total. The number of methoxy groups -OCH3 is 2. The highest BCUT2D eigenvalue weighted by Crippen LogP contribution is 2.27. The molecule has 0 saturated carbocycles. The monoisotopic (exact) mass is 510 g/mol. The van der Waals surface area contributed by atoms with E-state index in [1.165, 1.54) is 5.69 Å². The Hall–Kier alpha value is -2.16. The largest absolute Gasteiger partial charge is 0.493 e. The van der Waals surface area contributed by atoms with E-state index in [4.69, 9.17) is 14.5 Å². The van der Waals surface area contributed by atoms with Crippen LogP contribution < -0.4 is 19.7 Å². The van der Waals surface area contributed by atoms with Crippen molar-refractivity contribution in [3.05, 3.63) is 54.1 Å². The average Bonchev–Trinajstić information content (AvgIpc) is 2.77. The first-order chi connectivity index (χ1) is 13.7. The summed E-state index contributed by atoms with van der Waals surface area (Å²) in [6.45, 7) is 7.44. The van der Waals surface area contributed by atoms with Gasteiger partial charge in [0, 0.05) is 38.4 Å². The molecule has 0 bridgehead atoms. The predicted molar refractivity (Wildman–Crippen MR) is 130 cm³/mol. The molecule has 0 aliphatic carbocycles. The Labute approximate surface area is 190 Å². The second kappa shape index (κ2) is 11.7. The summed E-state index contributed by atoms with van der Waals surface area (Å²) in [5, 5.41) is 3.43. The van der Waals surface area contributed by atoms with E-state index in [0.29, 0.717) is 6.54 Å². The number of anilines is 1. The number of hydrogen-bond acceptors (Lipinski definition) is 4. The van der Waals surface area contributed by atoms with E-state index in [2.05, 4.69) is 52.4 Å². The van der Waals surface area contributed by atoms with Crippen LogP contribution in [-0.4, -0.2) is 57.8 Å². The summed E-state index contributed by atoms with van der Waals surface area (Å²) < 4.78 is 10.7. The Kier molecular flexibility index (Phi) is 9.37. The number of piperazine rings is 1. The van der Waals surface area contributed by atoms with Gasteiger partial charge in [-0.15, -0.1) is 24.0 Å². The van der Waals surface area contributed by atoms with Crippen molar-refractivity contribution in [3.8, 4) is 11.5 Å². The van der Waals surface area contributed by atoms with E-state index in [1.807, 2.05) is 18.2 Å². The van der Waals surface area contributed by atoms with Crippen LogP contribution in [0, 0.1) is 0 Å². The van der Waals surface area contributed by atoms with Crippen molar-refractivity contribution in [3.63, 3.8) is 0 Å². The summed E-state index contributed by atoms with van der Waals surface area (Å²) in [5.41, 5.74) is 2.38. The minimum atomic E-state index is 0. The Morgan fingerprint density at radius 2 is 1.66 bits per heavy atom.